The molecular weight excluding hydrogens is 228 g/mol. The van der Waals surface area contributed by atoms with E-state index in [1.807, 2.05) is 6.07 Å². The molecule has 5 nitrogen and oxygen atoms in total. The van der Waals surface area contributed by atoms with E-state index in [1.54, 1.807) is 13.4 Å². The second kappa shape index (κ2) is 6.11. The van der Waals surface area contributed by atoms with E-state index in [4.69, 9.17) is 4.74 Å². The van der Waals surface area contributed by atoms with Crippen LogP contribution in [0.4, 0.5) is 5.82 Å². The van der Waals surface area contributed by atoms with Crippen molar-refractivity contribution >= 4 is 5.82 Å². The number of nitrogens with zero attached hydrogens (tertiary/aromatic N) is 4. The molecule has 0 spiro atoms. The standard InChI is InChI=1S/C13H22N4O/c1-16-6-4-12(5-7-16)17(2)13-8-11(9-18-3)14-10-15-13/h8,10,12H,4-7,9H2,1-3H3. The van der Waals surface area contributed by atoms with Crippen LogP contribution < -0.4 is 4.90 Å². The van der Waals surface area contributed by atoms with Crippen LogP contribution in [-0.2, 0) is 11.3 Å². The van der Waals surface area contributed by atoms with Crippen LogP contribution in [-0.4, -0.2) is 55.2 Å². The molecule has 1 aromatic heterocycles. The van der Waals surface area contributed by atoms with Gasteiger partial charge in [0.2, 0.25) is 0 Å². The summed E-state index contributed by atoms with van der Waals surface area (Å²) >= 11 is 0. The first-order chi connectivity index (χ1) is 8.70. The molecule has 0 radical (unpaired) electrons. The summed E-state index contributed by atoms with van der Waals surface area (Å²) < 4.78 is 5.11. The van der Waals surface area contributed by atoms with Crippen molar-refractivity contribution in [2.45, 2.75) is 25.5 Å². The van der Waals surface area contributed by atoms with Gasteiger partial charge >= 0.3 is 0 Å². The van der Waals surface area contributed by atoms with E-state index < -0.39 is 0 Å². The number of likely N-dealkylation sites (tertiary alicyclic amines) is 1. The Balaban J connectivity index is 2.03. The Hall–Kier alpha value is -1.20. The van der Waals surface area contributed by atoms with Crippen molar-refractivity contribution in [2.24, 2.45) is 0 Å². The second-order valence-electron chi connectivity index (χ2n) is 4.95. The first kappa shape index (κ1) is 13.2. The van der Waals surface area contributed by atoms with Crippen LogP contribution in [0.2, 0.25) is 0 Å². The van der Waals surface area contributed by atoms with Gasteiger partial charge in [-0.1, -0.05) is 0 Å². The maximum Gasteiger partial charge on any atom is 0.132 e. The summed E-state index contributed by atoms with van der Waals surface area (Å²) in [7, 11) is 5.98. The molecule has 0 saturated carbocycles. The van der Waals surface area contributed by atoms with Crippen molar-refractivity contribution in [3.05, 3.63) is 18.1 Å². The van der Waals surface area contributed by atoms with E-state index in [9.17, 15) is 0 Å². The van der Waals surface area contributed by atoms with E-state index in [1.165, 1.54) is 12.8 Å². The second-order valence-corrected chi connectivity index (χ2v) is 4.95. The van der Waals surface area contributed by atoms with Crippen molar-refractivity contribution in [3.63, 3.8) is 0 Å². The number of aromatic nitrogens is 2. The number of hydrogen-bond donors (Lipinski definition) is 0. The zero-order valence-corrected chi connectivity index (χ0v) is 11.5. The fourth-order valence-corrected chi connectivity index (χ4v) is 2.37. The highest BCUT2D eigenvalue weighted by Crippen LogP contribution is 2.20. The Labute approximate surface area is 109 Å². The van der Waals surface area contributed by atoms with Crippen molar-refractivity contribution in [3.8, 4) is 0 Å². The van der Waals surface area contributed by atoms with Crippen molar-refractivity contribution < 1.29 is 4.74 Å². The number of hydrogen-bond acceptors (Lipinski definition) is 5. The summed E-state index contributed by atoms with van der Waals surface area (Å²) in [4.78, 5) is 13.2. The number of anilines is 1. The molecule has 0 aliphatic carbocycles. The summed E-state index contributed by atoms with van der Waals surface area (Å²) in [6.07, 6.45) is 4.00. The first-order valence-electron chi connectivity index (χ1n) is 6.42. The molecule has 100 valence electrons. The number of methoxy groups -OCH3 is 1. The number of piperidine rings is 1. The molecule has 0 N–H and O–H groups in total. The van der Waals surface area contributed by atoms with Gasteiger partial charge in [0.15, 0.2) is 0 Å². The quantitative estimate of drug-likeness (QED) is 0.802. The van der Waals surface area contributed by atoms with Gasteiger partial charge in [0, 0.05) is 26.3 Å². The monoisotopic (exact) mass is 250 g/mol. The van der Waals surface area contributed by atoms with E-state index in [0.717, 1.165) is 24.6 Å². The van der Waals surface area contributed by atoms with Crippen molar-refractivity contribution in [1.29, 1.82) is 0 Å². The molecule has 0 bridgehead atoms. The lowest BCUT2D eigenvalue weighted by atomic mass is 10.0. The van der Waals surface area contributed by atoms with Crippen LogP contribution in [0.1, 0.15) is 18.5 Å². The summed E-state index contributed by atoms with van der Waals surface area (Å²) in [6, 6.07) is 2.59. The minimum absolute atomic E-state index is 0.538. The third-order valence-corrected chi connectivity index (χ3v) is 3.60. The lowest BCUT2D eigenvalue weighted by Crippen LogP contribution is -2.42. The van der Waals surface area contributed by atoms with Crippen LogP contribution >= 0.6 is 0 Å². The smallest absolute Gasteiger partial charge is 0.132 e. The predicted molar refractivity (Wildman–Crippen MR) is 71.7 cm³/mol. The van der Waals surface area contributed by atoms with Gasteiger partial charge < -0.3 is 14.5 Å². The summed E-state index contributed by atoms with van der Waals surface area (Å²) in [5, 5.41) is 0. The van der Waals surface area contributed by atoms with E-state index in [-0.39, 0.29) is 0 Å². The van der Waals surface area contributed by atoms with Crippen LogP contribution in [0.5, 0.6) is 0 Å². The van der Waals surface area contributed by atoms with Gasteiger partial charge in [-0.15, -0.1) is 0 Å². The largest absolute Gasteiger partial charge is 0.378 e. The van der Waals surface area contributed by atoms with Crippen LogP contribution in [0, 0.1) is 0 Å². The first-order valence-corrected chi connectivity index (χ1v) is 6.42. The molecule has 1 aliphatic heterocycles. The van der Waals surface area contributed by atoms with Crippen LogP contribution in [0.3, 0.4) is 0 Å². The van der Waals surface area contributed by atoms with Gasteiger partial charge in [0.25, 0.3) is 0 Å². The lowest BCUT2D eigenvalue weighted by molar-refractivity contribution is 0.181. The zero-order chi connectivity index (χ0) is 13.0. The molecule has 0 unspecified atom stereocenters. The van der Waals surface area contributed by atoms with Gasteiger partial charge in [0.1, 0.15) is 12.1 Å². The Morgan fingerprint density at radius 1 is 1.39 bits per heavy atom. The van der Waals surface area contributed by atoms with Crippen molar-refractivity contribution in [2.75, 3.05) is 39.2 Å². The molecular formula is C13H22N4O. The Morgan fingerprint density at radius 2 is 2.11 bits per heavy atom. The highest BCUT2D eigenvalue weighted by atomic mass is 16.5. The number of rotatable bonds is 4. The summed E-state index contributed by atoms with van der Waals surface area (Å²) in [5.74, 6) is 0.992. The molecule has 1 saturated heterocycles. The van der Waals surface area contributed by atoms with Crippen LogP contribution in [0.25, 0.3) is 0 Å². The molecule has 0 aromatic carbocycles. The maximum atomic E-state index is 5.11. The average molecular weight is 250 g/mol. The molecule has 0 atom stereocenters. The van der Waals surface area contributed by atoms with E-state index in [2.05, 4.69) is 33.9 Å². The SMILES string of the molecule is COCc1cc(N(C)C2CCN(C)CC2)ncn1. The number of ether oxygens (including phenoxy) is 1. The molecule has 1 aliphatic rings. The van der Waals surface area contributed by atoms with Gasteiger partial charge in [-0.3, -0.25) is 0 Å². The normalized spacial score (nSPS) is 17.9. The molecule has 0 amide bonds. The zero-order valence-electron chi connectivity index (χ0n) is 11.5. The molecule has 18 heavy (non-hydrogen) atoms. The average Bonchev–Trinajstić information content (AvgIpc) is 2.39. The third-order valence-electron chi connectivity index (χ3n) is 3.60. The third kappa shape index (κ3) is 3.17. The Bertz CT molecular complexity index is 377. The minimum atomic E-state index is 0.538. The minimum Gasteiger partial charge on any atom is -0.378 e. The lowest BCUT2D eigenvalue weighted by Gasteiger charge is -2.35. The Kier molecular flexibility index (Phi) is 4.49. The molecule has 5 heteroatoms. The van der Waals surface area contributed by atoms with E-state index >= 15 is 0 Å². The van der Waals surface area contributed by atoms with Gasteiger partial charge in [-0.2, -0.15) is 0 Å². The van der Waals surface area contributed by atoms with Gasteiger partial charge in [-0.05, 0) is 33.0 Å². The predicted octanol–water partition coefficient (Wildman–Crippen LogP) is 1.15. The van der Waals surface area contributed by atoms with Crippen LogP contribution in [0.15, 0.2) is 12.4 Å². The van der Waals surface area contributed by atoms with Crippen molar-refractivity contribution in [1.82, 2.24) is 14.9 Å². The summed E-state index contributed by atoms with van der Waals surface area (Å²) in [6.45, 7) is 2.85. The van der Waals surface area contributed by atoms with Gasteiger partial charge in [0.05, 0.1) is 12.3 Å². The van der Waals surface area contributed by atoms with Gasteiger partial charge in [-0.25, -0.2) is 9.97 Å². The highest BCUT2D eigenvalue weighted by molar-refractivity contribution is 5.39. The molecule has 1 fully saturated rings. The molecule has 2 rings (SSSR count). The molecule has 1 aromatic rings. The fourth-order valence-electron chi connectivity index (χ4n) is 2.37. The summed E-state index contributed by atoms with van der Waals surface area (Å²) in [5.41, 5.74) is 0.933. The van der Waals surface area contributed by atoms with E-state index in [0.29, 0.717) is 12.6 Å². The Morgan fingerprint density at radius 3 is 2.78 bits per heavy atom. The fraction of sp³-hybridized carbons (Fsp3) is 0.692. The topological polar surface area (TPSA) is 41.5 Å². The maximum absolute atomic E-state index is 5.11. The molecule has 2 heterocycles. The highest BCUT2D eigenvalue weighted by Gasteiger charge is 2.21.